The SMILES string of the molecule is N#Cc1cncc(-c2cccc(-c3ccc4c(c3)C(c3ccccc3)(c3ccccc3)c3cc(-c5cccc(-c6cncc(C#N)c6)c5)ccc3-4)c2)c1. The molecule has 2 aromatic heterocycles. The van der Waals surface area contributed by atoms with Crippen molar-refractivity contribution in [2.45, 2.75) is 5.41 Å². The van der Waals surface area contributed by atoms with E-state index in [4.69, 9.17) is 0 Å². The minimum absolute atomic E-state index is 0.537. The Kier molecular flexibility index (Phi) is 7.77. The van der Waals surface area contributed by atoms with E-state index in [0.717, 1.165) is 44.5 Å². The molecule has 4 heteroatoms. The standard InChI is InChI=1S/C49H30N4/c50-27-33-21-41(31-52-29-33)37-11-7-9-35(23-37)39-17-19-45-46-20-18-40(36-10-8-12-38(24-36)42-22-34(28-51)30-53-32-42)26-48(46)49(47(45)25-39,43-13-3-1-4-14-43)44-15-5-2-6-16-44/h1-26,29-32H. The third-order valence-electron chi connectivity index (χ3n) is 10.3. The highest BCUT2D eigenvalue weighted by Crippen LogP contribution is 2.57. The van der Waals surface area contributed by atoms with Gasteiger partial charge in [0, 0.05) is 35.9 Å². The van der Waals surface area contributed by atoms with E-state index in [0.29, 0.717) is 11.1 Å². The molecule has 1 aliphatic carbocycles. The minimum atomic E-state index is -0.593. The maximum absolute atomic E-state index is 9.50. The molecule has 0 unspecified atom stereocenters. The number of nitrogens with zero attached hydrogens (tertiary/aromatic N) is 4. The lowest BCUT2D eigenvalue weighted by atomic mass is 9.67. The zero-order valence-corrected chi connectivity index (χ0v) is 28.6. The van der Waals surface area contributed by atoms with Gasteiger partial charge in [-0.25, -0.2) is 0 Å². The highest BCUT2D eigenvalue weighted by Gasteiger charge is 2.46. The Morgan fingerprint density at radius 1 is 0.358 bits per heavy atom. The minimum Gasteiger partial charge on any atom is -0.263 e. The molecule has 0 N–H and O–H groups in total. The van der Waals surface area contributed by atoms with Crippen molar-refractivity contribution in [2.75, 3.05) is 0 Å². The smallest absolute Gasteiger partial charge is 0.101 e. The molecule has 246 valence electrons. The summed E-state index contributed by atoms with van der Waals surface area (Å²) in [6, 6.07) is 60.5. The number of pyridine rings is 2. The van der Waals surface area contributed by atoms with Crippen LogP contribution in [-0.4, -0.2) is 9.97 Å². The lowest BCUT2D eigenvalue weighted by Gasteiger charge is -2.34. The van der Waals surface area contributed by atoms with Crippen LogP contribution in [0.3, 0.4) is 0 Å². The van der Waals surface area contributed by atoms with Crippen molar-refractivity contribution in [1.82, 2.24) is 9.97 Å². The summed E-state index contributed by atoms with van der Waals surface area (Å²) in [5.74, 6) is 0. The summed E-state index contributed by atoms with van der Waals surface area (Å²) in [6.07, 6.45) is 6.80. The van der Waals surface area contributed by atoms with E-state index in [-0.39, 0.29) is 0 Å². The number of nitriles is 2. The van der Waals surface area contributed by atoms with Gasteiger partial charge in [0.25, 0.3) is 0 Å². The van der Waals surface area contributed by atoms with E-state index in [1.807, 2.05) is 24.5 Å². The largest absolute Gasteiger partial charge is 0.263 e. The number of hydrogen-bond acceptors (Lipinski definition) is 4. The third-order valence-corrected chi connectivity index (χ3v) is 10.3. The molecule has 2 heterocycles. The highest BCUT2D eigenvalue weighted by molar-refractivity contribution is 5.90. The van der Waals surface area contributed by atoms with Crippen molar-refractivity contribution in [3.05, 3.63) is 216 Å². The fourth-order valence-electron chi connectivity index (χ4n) is 7.92. The predicted octanol–water partition coefficient (Wildman–Crippen LogP) is 11.3. The molecule has 0 saturated carbocycles. The van der Waals surface area contributed by atoms with E-state index in [9.17, 15) is 10.5 Å². The molecule has 0 aliphatic heterocycles. The van der Waals surface area contributed by atoms with Gasteiger partial charge < -0.3 is 0 Å². The van der Waals surface area contributed by atoms with Crippen LogP contribution in [0.2, 0.25) is 0 Å². The van der Waals surface area contributed by atoms with E-state index in [1.165, 1.54) is 33.4 Å². The molecule has 6 aromatic carbocycles. The van der Waals surface area contributed by atoms with Crippen LogP contribution in [0.4, 0.5) is 0 Å². The van der Waals surface area contributed by atoms with E-state index < -0.39 is 5.41 Å². The molecule has 4 nitrogen and oxygen atoms in total. The van der Waals surface area contributed by atoms with Crippen molar-refractivity contribution in [2.24, 2.45) is 0 Å². The monoisotopic (exact) mass is 674 g/mol. The van der Waals surface area contributed by atoms with Gasteiger partial charge >= 0.3 is 0 Å². The second-order valence-electron chi connectivity index (χ2n) is 13.3. The van der Waals surface area contributed by atoms with E-state index in [1.54, 1.807) is 12.4 Å². The van der Waals surface area contributed by atoms with Gasteiger partial charge in [0.2, 0.25) is 0 Å². The first-order valence-corrected chi connectivity index (χ1v) is 17.5. The number of aromatic nitrogens is 2. The lowest BCUT2D eigenvalue weighted by Crippen LogP contribution is -2.28. The van der Waals surface area contributed by atoms with Crippen molar-refractivity contribution < 1.29 is 0 Å². The fourth-order valence-corrected chi connectivity index (χ4v) is 7.92. The number of benzene rings is 6. The van der Waals surface area contributed by atoms with E-state index in [2.05, 4.69) is 168 Å². The van der Waals surface area contributed by atoms with Gasteiger partial charge in [-0.2, -0.15) is 10.5 Å². The molecule has 8 aromatic rings. The van der Waals surface area contributed by atoms with E-state index >= 15 is 0 Å². The Bertz CT molecular complexity index is 2560. The van der Waals surface area contributed by atoms with Crippen LogP contribution in [0.1, 0.15) is 33.4 Å². The van der Waals surface area contributed by atoms with Crippen molar-refractivity contribution >= 4 is 0 Å². The second kappa shape index (κ2) is 13.1. The molecule has 0 bridgehead atoms. The summed E-state index contributed by atoms with van der Waals surface area (Å²) in [4.78, 5) is 8.62. The maximum atomic E-state index is 9.50. The van der Waals surface area contributed by atoms with Gasteiger partial charge in [-0.3, -0.25) is 9.97 Å². The summed E-state index contributed by atoms with van der Waals surface area (Å²) >= 11 is 0. The molecule has 0 spiro atoms. The highest BCUT2D eigenvalue weighted by atomic mass is 14.6. The quantitative estimate of drug-likeness (QED) is 0.176. The normalized spacial score (nSPS) is 12.3. The first kappa shape index (κ1) is 31.6. The van der Waals surface area contributed by atoms with Crippen molar-refractivity contribution in [3.8, 4) is 67.8 Å². The number of rotatable bonds is 6. The van der Waals surface area contributed by atoms with Gasteiger partial charge in [0.15, 0.2) is 0 Å². The van der Waals surface area contributed by atoms with Crippen LogP contribution >= 0.6 is 0 Å². The molecule has 0 fully saturated rings. The van der Waals surface area contributed by atoms with Gasteiger partial charge in [0.1, 0.15) is 12.1 Å². The van der Waals surface area contributed by atoms with Crippen LogP contribution in [0.15, 0.2) is 183 Å². The Hall–Kier alpha value is -7.40. The zero-order chi connectivity index (χ0) is 35.8. The molecule has 1 aliphatic rings. The van der Waals surface area contributed by atoms with Gasteiger partial charge in [-0.15, -0.1) is 0 Å². The predicted molar refractivity (Wildman–Crippen MR) is 211 cm³/mol. The first-order valence-electron chi connectivity index (χ1n) is 17.5. The van der Waals surface area contributed by atoms with Gasteiger partial charge in [0.05, 0.1) is 16.5 Å². The zero-order valence-electron chi connectivity index (χ0n) is 28.6. The topological polar surface area (TPSA) is 73.4 Å². The van der Waals surface area contributed by atoms with Crippen LogP contribution in [0, 0.1) is 22.7 Å². The van der Waals surface area contributed by atoms with Crippen LogP contribution in [0.25, 0.3) is 55.6 Å². The summed E-state index contributed by atoms with van der Waals surface area (Å²) in [6.45, 7) is 0. The average Bonchev–Trinajstić information content (AvgIpc) is 3.54. The fraction of sp³-hybridized carbons (Fsp3) is 0.0204. The van der Waals surface area contributed by atoms with Crippen molar-refractivity contribution in [3.63, 3.8) is 0 Å². The lowest BCUT2D eigenvalue weighted by molar-refractivity contribution is 0.769. The van der Waals surface area contributed by atoms with Crippen molar-refractivity contribution in [1.29, 1.82) is 10.5 Å². The Labute approximate surface area is 308 Å². The Morgan fingerprint density at radius 2 is 0.755 bits per heavy atom. The Balaban J connectivity index is 1.25. The number of hydrogen-bond donors (Lipinski definition) is 0. The number of fused-ring (bicyclic) bond motifs is 3. The molecule has 0 amide bonds. The summed E-state index contributed by atoms with van der Waals surface area (Å²) in [5.41, 5.74) is 16.0. The average molecular weight is 675 g/mol. The first-order chi connectivity index (χ1) is 26.1. The van der Waals surface area contributed by atoms with Gasteiger partial charge in [-0.05, 0) is 103 Å². The molecular formula is C49H30N4. The summed E-state index contributed by atoms with van der Waals surface area (Å²) < 4.78 is 0. The van der Waals surface area contributed by atoms with Crippen LogP contribution in [-0.2, 0) is 5.41 Å². The molecule has 0 radical (unpaired) electrons. The molecule has 9 rings (SSSR count). The summed E-state index contributed by atoms with van der Waals surface area (Å²) in [7, 11) is 0. The second-order valence-corrected chi connectivity index (χ2v) is 13.3. The molecule has 0 saturated heterocycles. The maximum Gasteiger partial charge on any atom is 0.101 e. The Morgan fingerprint density at radius 3 is 1.17 bits per heavy atom. The third kappa shape index (κ3) is 5.38. The van der Waals surface area contributed by atoms with Crippen LogP contribution < -0.4 is 0 Å². The van der Waals surface area contributed by atoms with Gasteiger partial charge in [-0.1, -0.05) is 121 Å². The summed E-state index contributed by atoms with van der Waals surface area (Å²) in [5, 5.41) is 19.0. The molecule has 53 heavy (non-hydrogen) atoms. The molecular weight excluding hydrogens is 645 g/mol. The van der Waals surface area contributed by atoms with Crippen LogP contribution in [0.5, 0.6) is 0 Å². The molecule has 0 atom stereocenters.